The fourth-order valence-electron chi connectivity index (χ4n) is 1.45. The Morgan fingerprint density at radius 1 is 1.33 bits per heavy atom. The molecule has 0 radical (unpaired) electrons. The number of aromatic nitrogens is 2. The van der Waals surface area contributed by atoms with Crippen LogP contribution in [0.2, 0.25) is 0 Å². The van der Waals surface area contributed by atoms with Crippen molar-refractivity contribution >= 4 is 11.9 Å². The van der Waals surface area contributed by atoms with Gasteiger partial charge in [-0.15, -0.1) is 0 Å². The first-order valence-electron chi connectivity index (χ1n) is 6.18. The lowest BCUT2D eigenvalue weighted by Crippen LogP contribution is -2.27. The molecule has 0 bridgehead atoms. The first-order chi connectivity index (χ1) is 8.37. The molecule has 1 aromatic heterocycles. The predicted molar refractivity (Wildman–Crippen MR) is 70.8 cm³/mol. The van der Waals surface area contributed by atoms with Crippen molar-refractivity contribution in [1.29, 1.82) is 0 Å². The number of esters is 1. The topological polar surface area (TPSA) is 55.3 Å². The third-order valence-electron chi connectivity index (χ3n) is 2.30. The molecular formula is C13H21N3O2. The highest BCUT2D eigenvalue weighted by Gasteiger charge is 2.19. The van der Waals surface area contributed by atoms with E-state index < -0.39 is 11.6 Å². The molecule has 1 aromatic rings. The van der Waals surface area contributed by atoms with Crippen LogP contribution in [0.3, 0.4) is 0 Å². The van der Waals surface area contributed by atoms with E-state index in [9.17, 15) is 4.79 Å². The Balaban J connectivity index is 2.91. The second-order valence-corrected chi connectivity index (χ2v) is 4.92. The molecule has 18 heavy (non-hydrogen) atoms. The molecule has 0 aliphatic heterocycles. The first-order valence-corrected chi connectivity index (χ1v) is 6.18. The number of hydrogen-bond donors (Lipinski definition) is 0. The quantitative estimate of drug-likeness (QED) is 0.768. The molecule has 0 N–H and O–H groups in total. The Morgan fingerprint density at radius 3 is 2.44 bits per heavy atom. The molecule has 0 saturated carbocycles. The van der Waals surface area contributed by atoms with E-state index in [1.807, 2.05) is 39.5 Å². The Morgan fingerprint density at radius 2 is 1.94 bits per heavy atom. The van der Waals surface area contributed by atoms with Crippen molar-refractivity contribution in [3.63, 3.8) is 0 Å². The third kappa shape index (κ3) is 3.98. The molecule has 0 unspecified atom stereocenters. The summed E-state index contributed by atoms with van der Waals surface area (Å²) in [5, 5.41) is 0. The van der Waals surface area contributed by atoms with E-state index in [-0.39, 0.29) is 0 Å². The summed E-state index contributed by atoms with van der Waals surface area (Å²) >= 11 is 0. The van der Waals surface area contributed by atoms with Crippen LogP contribution in [0.5, 0.6) is 0 Å². The average molecular weight is 251 g/mol. The van der Waals surface area contributed by atoms with Gasteiger partial charge < -0.3 is 9.64 Å². The van der Waals surface area contributed by atoms with Crippen molar-refractivity contribution in [3.05, 3.63) is 18.0 Å². The Kier molecular flexibility index (Phi) is 4.64. The zero-order valence-corrected chi connectivity index (χ0v) is 11.7. The lowest BCUT2D eigenvalue weighted by Gasteiger charge is -2.21. The average Bonchev–Trinajstić information content (AvgIpc) is 2.29. The molecule has 0 amide bonds. The van der Waals surface area contributed by atoms with E-state index in [2.05, 4.69) is 9.97 Å². The molecule has 5 nitrogen and oxygen atoms in total. The monoisotopic (exact) mass is 251 g/mol. The number of ether oxygens (including phenoxy) is 1. The summed E-state index contributed by atoms with van der Waals surface area (Å²) in [5.74, 6) is 0.140. The summed E-state index contributed by atoms with van der Waals surface area (Å²) < 4.78 is 5.28. The first kappa shape index (κ1) is 14.4. The lowest BCUT2D eigenvalue weighted by atomic mass is 10.2. The maximum atomic E-state index is 11.9. The third-order valence-corrected chi connectivity index (χ3v) is 2.30. The molecule has 0 fully saturated rings. The highest BCUT2D eigenvalue weighted by Crippen LogP contribution is 2.12. The van der Waals surface area contributed by atoms with Gasteiger partial charge in [0.15, 0.2) is 5.69 Å². The fourth-order valence-corrected chi connectivity index (χ4v) is 1.45. The maximum absolute atomic E-state index is 11.9. The van der Waals surface area contributed by atoms with Gasteiger partial charge in [-0.3, -0.25) is 0 Å². The van der Waals surface area contributed by atoms with Crippen molar-refractivity contribution in [3.8, 4) is 0 Å². The molecule has 5 heteroatoms. The van der Waals surface area contributed by atoms with Gasteiger partial charge in [0.2, 0.25) is 5.95 Å². The zero-order valence-electron chi connectivity index (χ0n) is 11.7. The van der Waals surface area contributed by atoms with Gasteiger partial charge in [0.25, 0.3) is 0 Å². The molecule has 100 valence electrons. The van der Waals surface area contributed by atoms with E-state index in [1.54, 1.807) is 12.3 Å². The van der Waals surface area contributed by atoms with E-state index in [4.69, 9.17) is 4.74 Å². The minimum atomic E-state index is -0.516. The van der Waals surface area contributed by atoms with Gasteiger partial charge >= 0.3 is 5.97 Å². The summed E-state index contributed by atoms with van der Waals surface area (Å²) in [6.07, 6.45) is 1.58. The number of anilines is 1. The summed E-state index contributed by atoms with van der Waals surface area (Å²) in [6.45, 7) is 11.1. The van der Waals surface area contributed by atoms with Crippen molar-refractivity contribution in [2.75, 3.05) is 18.0 Å². The lowest BCUT2D eigenvalue weighted by molar-refractivity contribution is 0.00627. The van der Waals surface area contributed by atoms with Gasteiger partial charge in [-0.25, -0.2) is 14.8 Å². The van der Waals surface area contributed by atoms with Crippen molar-refractivity contribution < 1.29 is 9.53 Å². The molecule has 1 heterocycles. The predicted octanol–water partition coefficient (Wildman–Crippen LogP) is 2.28. The summed E-state index contributed by atoms with van der Waals surface area (Å²) in [5.41, 5.74) is -0.223. The van der Waals surface area contributed by atoms with Crippen LogP contribution in [0.1, 0.15) is 45.1 Å². The van der Waals surface area contributed by atoms with Crippen molar-refractivity contribution in [2.24, 2.45) is 0 Å². The minimum absolute atomic E-state index is 0.293. The number of rotatable bonds is 4. The molecule has 0 aliphatic rings. The Bertz CT molecular complexity index is 409. The smallest absolute Gasteiger partial charge is 0.357 e. The molecule has 0 atom stereocenters. The normalized spacial score (nSPS) is 11.2. The van der Waals surface area contributed by atoms with Crippen LogP contribution in [0, 0.1) is 0 Å². The standard InChI is InChI=1S/C13H21N3O2/c1-6-16(7-2)12-14-9-8-10(15-12)11(17)18-13(3,4)5/h8-9H,6-7H2,1-5H3. The molecule has 0 spiro atoms. The summed E-state index contributed by atoms with van der Waals surface area (Å²) in [4.78, 5) is 22.3. The largest absolute Gasteiger partial charge is 0.455 e. The van der Waals surface area contributed by atoms with E-state index in [0.29, 0.717) is 11.6 Å². The van der Waals surface area contributed by atoms with Gasteiger partial charge in [-0.2, -0.15) is 0 Å². The fraction of sp³-hybridized carbons (Fsp3) is 0.615. The van der Waals surface area contributed by atoms with Gasteiger partial charge in [0, 0.05) is 19.3 Å². The van der Waals surface area contributed by atoms with Crippen molar-refractivity contribution in [2.45, 2.75) is 40.2 Å². The van der Waals surface area contributed by atoms with Gasteiger partial charge in [0.1, 0.15) is 5.60 Å². The Hall–Kier alpha value is -1.65. The molecule has 0 aliphatic carbocycles. The van der Waals surface area contributed by atoms with E-state index in [0.717, 1.165) is 13.1 Å². The second kappa shape index (κ2) is 5.80. The van der Waals surface area contributed by atoms with Crippen LogP contribution in [0.4, 0.5) is 5.95 Å². The van der Waals surface area contributed by atoms with Crippen LogP contribution < -0.4 is 4.90 Å². The number of hydrogen-bond acceptors (Lipinski definition) is 5. The summed E-state index contributed by atoms with van der Waals surface area (Å²) in [7, 11) is 0. The summed E-state index contributed by atoms with van der Waals surface area (Å²) in [6, 6.07) is 1.57. The Labute approximate surface area is 108 Å². The van der Waals surface area contributed by atoms with Crippen LogP contribution in [-0.2, 0) is 4.74 Å². The SMILES string of the molecule is CCN(CC)c1nccc(C(=O)OC(C)(C)C)n1. The highest BCUT2D eigenvalue weighted by molar-refractivity contribution is 5.87. The number of carbonyl (C=O) groups excluding carboxylic acids is 1. The molecule has 0 saturated heterocycles. The van der Waals surface area contributed by atoms with Gasteiger partial charge in [0.05, 0.1) is 0 Å². The number of nitrogens with zero attached hydrogens (tertiary/aromatic N) is 3. The number of carbonyl (C=O) groups is 1. The minimum Gasteiger partial charge on any atom is -0.455 e. The van der Waals surface area contributed by atoms with Crippen molar-refractivity contribution in [1.82, 2.24) is 9.97 Å². The maximum Gasteiger partial charge on any atom is 0.357 e. The molecule has 1 rings (SSSR count). The van der Waals surface area contributed by atoms with E-state index in [1.165, 1.54) is 0 Å². The molecule has 0 aromatic carbocycles. The van der Waals surface area contributed by atoms with Gasteiger partial charge in [-0.1, -0.05) is 0 Å². The van der Waals surface area contributed by atoms with Crippen LogP contribution in [-0.4, -0.2) is 34.6 Å². The second-order valence-electron chi connectivity index (χ2n) is 4.92. The van der Waals surface area contributed by atoms with E-state index >= 15 is 0 Å². The zero-order chi connectivity index (χ0) is 13.8. The molecular weight excluding hydrogens is 230 g/mol. The highest BCUT2D eigenvalue weighted by atomic mass is 16.6. The van der Waals surface area contributed by atoms with Gasteiger partial charge in [-0.05, 0) is 40.7 Å². The van der Waals surface area contributed by atoms with Crippen LogP contribution in [0.25, 0.3) is 0 Å². The van der Waals surface area contributed by atoms with Crippen LogP contribution >= 0.6 is 0 Å². The van der Waals surface area contributed by atoms with Crippen LogP contribution in [0.15, 0.2) is 12.3 Å².